The average Bonchev–Trinajstić information content (AvgIpc) is 2.81. The number of carboxylic acids is 1. The summed E-state index contributed by atoms with van der Waals surface area (Å²) in [5, 5.41) is 9.02. The molecule has 2 heterocycles. The van der Waals surface area contributed by atoms with Crippen molar-refractivity contribution in [2.75, 3.05) is 19.0 Å². The normalized spacial score (nSPS) is 10.2. The highest BCUT2D eigenvalue weighted by Gasteiger charge is 2.15. The molecular weight excluding hydrogens is 220 g/mol. The standard InChI is InChI=1S/C11H12N4O2/c1-15(2)10-8(11(16)17)6-13-9(14-10)7-3-4-12-5-7/h3-6,12H,1-2H3,(H,16,17). The molecule has 0 bridgehead atoms. The van der Waals surface area contributed by atoms with Crippen LogP contribution in [0.15, 0.2) is 24.7 Å². The van der Waals surface area contributed by atoms with Crippen molar-refractivity contribution in [3.63, 3.8) is 0 Å². The van der Waals surface area contributed by atoms with Crippen molar-refractivity contribution >= 4 is 11.8 Å². The minimum atomic E-state index is -1.03. The smallest absolute Gasteiger partial charge is 0.341 e. The molecule has 88 valence electrons. The van der Waals surface area contributed by atoms with Crippen LogP contribution in [0, 0.1) is 0 Å². The Balaban J connectivity index is 2.53. The molecule has 2 N–H and O–H groups in total. The lowest BCUT2D eigenvalue weighted by Gasteiger charge is -2.14. The summed E-state index contributed by atoms with van der Waals surface area (Å²) in [5.74, 6) is -0.141. The first-order chi connectivity index (χ1) is 8.09. The summed E-state index contributed by atoms with van der Waals surface area (Å²) < 4.78 is 0. The van der Waals surface area contributed by atoms with Gasteiger partial charge in [0.15, 0.2) is 5.82 Å². The number of hydrogen-bond acceptors (Lipinski definition) is 4. The van der Waals surface area contributed by atoms with Crippen molar-refractivity contribution in [1.29, 1.82) is 0 Å². The fourth-order valence-corrected chi connectivity index (χ4v) is 1.47. The zero-order valence-electron chi connectivity index (χ0n) is 9.51. The number of H-pyrrole nitrogens is 1. The van der Waals surface area contributed by atoms with E-state index >= 15 is 0 Å². The van der Waals surface area contributed by atoms with Gasteiger partial charge in [0, 0.05) is 38.2 Å². The van der Waals surface area contributed by atoms with Gasteiger partial charge in [-0.25, -0.2) is 14.8 Å². The molecule has 0 fully saturated rings. The van der Waals surface area contributed by atoms with Crippen LogP contribution in [0.25, 0.3) is 11.4 Å². The van der Waals surface area contributed by atoms with Gasteiger partial charge in [0.1, 0.15) is 11.4 Å². The number of carbonyl (C=O) groups is 1. The summed E-state index contributed by atoms with van der Waals surface area (Å²) in [7, 11) is 3.49. The van der Waals surface area contributed by atoms with Gasteiger partial charge in [-0.1, -0.05) is 0 Å². The Morgan fingerprint density at radius 3 is 2.76 bits per heavy atom. The minimum Gasteiger partial charge on any atom is -0.477 e. The zero-order chi connectivity index (χ0) is 12.4. The number of rotatable bonds is 3. The first kappa shape index (κ1) is 11.1. The molecule has 0 saturated heterocycles. The maximum absolute atomic E-state index is 11.0. The molecule has 2 aromatic rings. The van der Waals surface area contributed by atoms with E-state index < -0.39 is 5.97 Å². The van der Waals surface area contributed by atoms with Gasteiger partial charge in [0.2, 0.25) is 0 Å². The molecule has 0 spiro atoms. The number of hydrogen-bond donors (Lipinski definition) is 2. The molecule has 0 aliphatic heterocycles. The van der Waals surface area contributed by atoms with E-state index in [2.05, 4.69) is 15.0 Å². The summed E-state index contributed by atoms with van der Waals surface area (Å²) in [6, 6.07) is 1.83. The van der Waals surface area contributed by atoms with Crippen molar-refractivity contribution in [2.24, 2.45) is 0 Å². The zero-order valence-corrected chi connectivity index (χ0v) is 9.51. The molecule has 0 aliphatic carbocycles. The van der Waals surface area contributed by atoms with E-state index in [0.29, 0.717) is 11.6 Å². The van der Waals surface area contributed by atoms with Crippen LogP contribution in [-0.4, -0.2) is 40.1 Å². The molecule has 0 amide bonds. The number of nitrogens with zero attached hydrogens (tertiary/aromatic N) is 3. The van der Waals surface area contributed by atoms with Gasteiger partial charge in [-0.15, -0.1) is 0 Å². The molecule has 0 saturated carbocycles. The Bertz CT molecular complexity index is 534. The number of nitrogens with one attached hydrogen (secondary N) is 1. The predicted molar refractivity (Wildman–Crippen MR) is 63.1 cm³/mol. The van der Waals surface area contributed by atoms with Crippen LogP contribution in [0.5, 0.6) is 0 Å². The van der Waals surface area contributed by atoms with Crippen molar-refractivity contribution in [3.05, 3.63) is 30.2 Å². The van der Waals surface area contributed by atoms with E-state index in [1.807, 2.05) is 6.07 Å². The second-order valence-electron chi connectivity index (χ2n) is 3.73. The quantitative estimate of drug-likeness (QED) is 0.831. The topological polar surface area (TPSA) is 82.1 Å². The van der Waals surface area contributed by atoms with Gasteiger partial charge >= 0.3 is 5.97 Å². The lowest BCUT2D eigenvalue weighted by atomic mass is 10.2. The fourth-order valence-electron chi connectivity index (χ4n) is 1.47. The van der Waals surface area contributed by atoms with E-state index in [-0.39, 0.29) is 5.56 Å². The molecule has 6 heteroatoms. The molecule has 0 radical (unpaired) electrons. The van der Waals surface area contributed by atoms with E-state index in [1.165, 1.54) is 6.20 Å². The Morgan fingerprint density at radius 1 is 1.47 bits per heavy atom. The van der Waals surface area contributed by atoms with Crippen molar-refractivity contribution < 1.29 is 9.90 Å². The van der Waals surface area contributed by atoms with Gasteiger partial charge in [-0.05, 0) is 6.07 Å². The van der Waals surface area contributed by atoms with Crippen LogP contribution in [0.3, 0.4) is 0 Å². The molecule has 2 rings (SSSR count). The van der Waals surface area contributed by atoms with Gasteiger partial charge in [-0.3, -0.25) is 0 Å². The highest BCUT2D eigenvalue weighted by molar-refractivity contribution is 5.93. The first-order valence-corrected chi connectivity index (χ1v) is 5.00. The number of aromatic amines is 1. The molecular formula is C11H12N4O2. The summed E-state index contributed by atoms with van der Waals surface area (Å²) in [4.78, 5) is 23.9. The first-order valence-electron chi connectivity index (χ1n) is 5.00. The Kier molecular flexibility index (Phi) is 2.78. The number of carboxylic acid groups (broad SMARTS) is 1. The summed E-state index contributed by atoms with van der Waals surface area (Å²) in [6.07, 6.45) is 4.85. The molecule has 17 heavy (non-hydrogen) atoms. The van der Waals surface area contributed by atoms with Crippen LogP contribution < -0.4 is 4.90 Å². The number of aromatic nitrogens is 3. The third-order valence-electron chi connectivity index (χ3n) is 2.28. The molecule has 6 nitrogen and oxygen atoms in total. The maximum atomic E-state index is 11.0. The van der Waals surface area contributed by atoms with Gasteiger partial charge < -0.3 is 15.0 Å². The minimum absolute atomic E-state index is 0.0919. The van der Waals surface area contributed by atoms with E-state index in [9.17, 15) is 4.79 Å². The molecule has 0 atom stereocenters. The van der Waals surface area contributed by atoms with Crippen LogP contribution in [0.2, 0.25) is 0 Å². The van der Waals surface area contributed by atoms with Gasteiger partial charge in [-0.2, -0.15) is 0 Å². The van der Waals surface area contributed by atoms with E-state index in [0.717, 1.165) is 5.56 Å². The third-order valence-corrected chi connectivity index (χ3v) is 2.28. The fraction of sp³-hybridized carbons (Fsp3) is 0.182. The maximum Gasteiger partial charge on any atom is 0.341 e. The Morgan fingerprint density at radius 2 is 2.24 bits per heavy atom. The Hall–Kier alpha value is -2.37. The summed E-state index contributed by atoms with van der Waals surface area (Å²) in [6.45, 7) is 0. The lowest BCUT2D eigenvalue weighted by Crippen LogP contribution is -2.16. The largest absolute Gasteiger partial charge is 0.477 e. The second kappa shape index (κ2) is 4.25. The van der Waals surface area contributed by atoms with Crippen LogP contribution in [0.1, 0.15) is 10.4 Å². The molecule has 0 unspecified atom stereocenters. The summed E-state index contributed by atoms with van der Waals surface area (Å²) >= 11 is 0. The Labute approximate surface area is 97.9 Å². The molecule has 2 aromatic heterocycles. The van der Waals surface area contributed by atoms with E-state index in [1.54, 1.807) is 31.4 Å². The van der Waals surface area contributed by atoms with Crippen molar-refractivity contribution in [2.45, 2.75) is 0 Å². The highest BCUT2D eigenvalue weighted by atomic mass is 16.4. The van der Waals surface area contributed by atoms with Crippen LogP contribution >= 0.6 is 0 Å². The number of anilines is 1. The molecule has 0 aliphatic rings. The third kappa shape index (κ3) is 2.10. The highest BCUT2D eigenvalue weighted by Crippen LogP contribution is 2.20. The average molecular weight is 232 g/mol. The van der Waals surface area contributed by atoms with Crippen LogP contribution in [0.4, 0.5) is 5.82 Å². The monoisotopic (exact) mass is 232 g/mol. The predicted octanol–water partition coefficient (Wildman–Crippen LogP) is 1.24. The van der Waals surface area contributed by atoms with Gasteiger partial charge in [0.05, 0.1) is 0 Å². The second-order valence-corrected chi connectivity index (χ2v) is 3.73. The van der Waals surface area contributed by atoms with Crippen LogP contribution in [-0.2, 0) is 0 Å². The lowest BCUT2D eigenvalue weighted by molar-refractivity contribution is 0.0697. The SMILES string of the molecule is CN(C)c1nc(-c2cc[nH]c2)ncc1C(=O)O. The van der Waals surface area contributed by atoms with E-state index in [4.69, 9.17) is 5.11 Å². The molecule has 0 aromatic carbocycles. The summed E-state index contributed by atoms with van der Waals surface area (Å²) in [5.41, 5.74) is 0.916. The van der Waals surface area contributed by atoms with Crippen molar-refractivity contribution in [3.8, 4) is 11.4 Å². The van der Waals surface area contributed by atoms with Crippen molar-refractivity contribution in [1.82, 2.24) is 15.0 Å². The van der Waals surface area contributed by atoms with Gasteiger partial charge in [0.25, 0.3) is 0 Å². The number of aromatic carboxylic acids is 1.